The number of hydrogen-bond acceptors (Lipinski definition) is 5. The van der Waals surface area contributed by atoms with E-state index in [1.165, 1.54) is 11.3 Å². The molecule has 28 heavy (non-hydrogen) atoms. The topological polar surface area (TPSA) is 68.1 Å². The first-order chi connectivity index (χ1) is 13.3. The Labute approximate surface area is 170 Å². The minimum absolute atomic E-state index is 0.0904. The number of thiazole rings is 1. The molecule has 0 bridgehead atoms. The molecule has 1 saturated heterocycles. The number of imidazole rings is 1. The minimum atomic E-state index is -3.52. The monoisotopic (exact) mass is 418 g/mol. The van der Waals surface area contributed by atoms with E-state index in [0.717, 1.165) is 34.7 Å². The molecule has 0 unspecified atom stereocenters. The van der Waals surface area contributed by atoms with Crippen molar-refractivity contribution in [3.05, 3.63) is 40.8 Å². The van der Waals surface area contributed by atoms with Gasteiger partial charge in [0.1, 0.15) is 5.82 Å². The number of hydrogen-bond donors (Lipinski definition) is 0. The zero-order valence-electron chi connectivity index (χ0n) is 16.7. The SMILES string of the molecule is Cc1nc(C)c(S(=O)(=O)N2CCC[C@@H](c3nc4ccccc4n3C(C)C)C2)s1. The van der Waals surface area contributed by atoms with Crippen molar-refractivity contribution in [2.45, 2.75) is 56.7 Å². The first kappa shape index (κ1) is 19.5. The standard InChI is InChI=1S/C20H26N4O2S2/c1-13(2)24-18-10-6-5-9-17(18)22-19(24)16-8-7-11-23(12-16)28(25,26)20-14(3)21-15(4)27-20/h5-6,9-10,13,16H,7-8,11-12H2,1-4H3/t16-/m1/s1. The van der Waals surface area contributed by atoms with Crippen LogP contribution in [0.25, 0.3) is 11.0 Å². The molecular weight excluding hydrogens is 392 g/mol. The number of sulfonamides is 1. The maximum absolute atomic E-state index is 13.3. The lowest BCUT2D eigenvalue weighted by Crippen LogP contribution is -2.39. The Morgan fingerprint density at radius 3 is 2.61 bits per heavy atom. The van der Waals surface area contributed by atoms with Gasteiger partial charge >= 0.3 is 0 Å². The minimum Gasteiger partial charge on any atom is -0.325 e. The van der Waals surface area contributed by atoms with Crippen molar-refractivity contribution in [1.29, 1.82) is 0 Å². The summed E-state index contributed by atoms with van der Waals surface area (Å²) in [6.07, 6.45) is 1.78. The van der Waals surface area contributed by atoms with Gasteiger partial charge in [-0.3, -0.25) is 0 Å². The van der Waals surface area contributed by atoms with Crippen LogP contribution in [0.15, 0.2) is 28.5 Å². The second kappa shape index (κ2) is 7.24. The molecule has 1 aliphatic rings. The van der Waals surface area contributed by atoms with Gasteiger partial charge in [-0.2, -0.15) is 4.31 Å². The van der Waals surface area contributed by atoms with Crippen molar-refractivity contribution in [1.82, 2.24) is 18.8 Å². The Kier molecular flexibility index (Phi) is 5.05. The van der Waals surface area contributed by atoms with Crippen LogP contribution < -0.4 is 0 Å². The Morgan fingerprint density at radius 2 is 1.93 bits per heavy atom. The molecule has 3 aromatic rings. The number of fused-ring (bicyclic) bond motifs is 1. The molecule has 0 N–H and O–H groups in total. The van der Waals surface area contributed by atoms with Crippen LogP contribution >= 0.6 is 11.3 Å². The van der Waals surface area contributed by atoms with Crippen LogP contribution in [-0.2, 0) is 10.0 Å². The number of aryl methyl sites for hydroxylation is 2. The fourth-order valence-electron chi connectivity index (χ4n) is 4.13. The second-order valence-corrected chi connectivity index (χ2v) is 11.1. The van der Waals surface area contributed by atoms with E-state index in [2.05, 4.69) is 29.5 Å². The van der Waals surface area contributed by atoms with E-state index in [1.807, 2.05) is 25.1 Å². The van der Waals surface area contributed by atoms with E-state index in [1.54, 1.807) is 11.2 Å². The molecule has 3 heterocycles. The predicted octanol–water partition coefficient (Wildman–Crippen LogP) is 4.26. The molecular formula is C20H26N4O2S2. The summed E-state index contributed by atoms with van der Waals surface area (Å²) in [7, 11) is -3.52. The Morgan fingerprint density at radius 1 is 1.18 bits per heavy atom. The Hall–Kier alpha value is -1.77. The van der Waals surface area contributed by atoms with Gasteiger partial charge in [0.25, 0.3) is 10.0 Å². The first-order valence-electron chi connectivity index (χ1n) is 9.70. The van der Waals surface area contributed by atoms with Crippen molar-refractivity contribution in [2.24, 2.45) is 0 Å². The zero-order valence-corrected chi connectivity index (χ0v) is 18.3. The summed E-state index contributed by atoms with van der Waals surface area (Å²) in [5, 5.41) is 0.784. The lowest BCUT2D eigenvalue weighted by molar-refractivity contribution is 0.303. The van der Waals surface area contributed by atoms with Gasteiger partial charge in [-0.25, -0.2) is 18.4 Å². The summed E-state index contributed by atoms with van der Waals surface area (Å²) < 4.78 is 30.8. The Bertz CT molecular complexity index is 1110. The van der Waals surface area contributed by atoms with Gasteiger partial charge in [-0.05, 0) is 52.7 Å². The molecule has 1 aliphatic heterocycles. The molecule has 8 heteroatoms. The number of para-hydroxylation sites is 2. The van der Waals surface area contributed by atoms with E-state index in [-0.39, 0.29) is 12.0 Å². The van der Waals surface area contributed by atoms with Crippen LogP contribution in [-0.4, -0.2) is 40.3 Å². The number of benzene rings is 1. The molecule has 2 aromatic heterocycles. The molecule has 1 fully saturated rings. The highest BCUT2D eigenvalue weighted by atomic mass is 32.2. The highest BCUT2D eigenvalue weighted by molar-refractivity contribution is 7.91. The summed E-state index contributed by atoms with van der Waals surface area (Å²) in [5.41, 5.74) is 2.68. The van der Waals surface area contributed by atoms with Gasteiger partial charge in [0.2, 0.25) is 0 Å². The van der Waals surface area contributed by atoms with Crippen molar-refractivity contribution in [3.8, 4) is 0 Å². The maximum Gasteiger partial charge on any atom is 0.254 e. The molecule has 1 atom stereocenters. The molecule has 0 radical (unpaired) electrons. The van der Waals surface area contributed by atoms with Crippen molar-refractivity contribution in [2.75, 3.05) is 13.1 Å². The second-order valence-electron chi connectivity index (χ2n) is 7.73. The molecule has 0 aliphatic carbocycles. The first-order valence-corrected chi connectivity index (χ1v) is 12.0. The number of aromatic nitrogens is 3. The van der Waals surface area contributed by atoms with E-state index < -0.39 is 10.0 Å². The van der Waals surface area contributed by atoms with Gasteiger partial charge in [-0.15, -0.1) is 11.3 Å². The molecule has 4 rings (SSSR count). The molecule has 0 spiro atoms. The van der Waals surface area contributed by atoms with Crippen molar-refractivity contribution < 1.29 is 8.42 Å². The van der Waals surface area contributed by atoms with E-state index >= 15 is 0 Å². The van der Waals surface area contributed by atoms with Gasteiger partial charge < -0.3 is 4.57 Å². The lowest BCUT2D eigenvalue weighted by atomic mass is 9.98. The van der Waals surface area contributed by atoms with Gasteiger partial charge in [-0.1, -0.05) is 12.1 Å². The van der Waals surface area contributed by atoms with Crippen molar-refractivity contribution in [3.63, 3.8) is 0 Å². The number of rotatable bonds is 4. The number of piperidine rings is 1. The quantitative estimate of drug-likeness (QED) is 0.635. The normalized spacial score (nSPS) is 19.0. The predicted molar refractivity (Wildman–Crippen MR) is 112 cm³/mol. The van der Waals surface area contributed by atoms with Gasteiger partial charge in [0.05, 0.1) is 21.7 Å². The van der Waals surface area contributed by atoms with Crippen LogP contribution in [0.2, 0.25) is 0 Å². The Balaban J connectivity index is 1.71. The highest BCUT2D eigenvalue weighted by Gasteiger charge is 2.35. The summed E-state index contributed by atoms with van der Waals surface area (Å²) in [4.78, 5) is 9.21. The summed E-state index contributed by atoms with van der Waals surface area (Å²) in [6.45, 7) is 8.94. The van der Waals surface area contributed by atoms with E-state index in [0.29, 0.717) is 23.0 Å². The molecule has 0 saturated carbocycles. The van der Waals surface area contributed by atoms with Crippen LogP contribution in [0, 0.1) is 13.8 Å². The number of nitrogens with zero attached hydrogens (tertiary/aromatic N) is 4. The maximum atomic E-state index is 13.3. The third-order valence-electron chi connectivity index (χ3n) is 5.32. The van der Waals surface area contributed by atoms with Crippen LogP contribution in [0.5, 0.6) is 0 Å². The largest absolute Gasteiger partial charge is 0.325 e. The van der Waals surface area contributed by atoms with Crippen LogP contribution in [0.3, 0.4) is 0 Å². The van der Waals surface area contributed by atoms with Crippen LogP contribution in [0.1, 0.15) is 55.2 Å². The fraction of sp³-hybridized carbons (Fsp3) is 0.500. The third kappa shape index (κ3) is 3.27. The molecule has 1 aromatic carbocycles. The smallest absolute Gasteiger partial charge is 0.254 e. The van der Waals surface area contributed by atoms with Gasteiger partial charge in [0.15, 0.2) is 4.21 Å². The zero-order chi connectivity index (χ0) is 20.1. The molecule has 6 nitrogen and oxygen atoms in total. The summed E-state index contributed by atoms with van der Waals surface area (Å²) in [5.74, 6) is 1.08. The summed E-state index contributed by atoms with van der Waals surface area (Å²) >= 11 is 1.26. The van der Waals surface area contributed by atoms with E-state index in [9.17, 15) is 8.42 Å². The van der Waals surface area contributed by atoms with Crippen molar-refractivity contribution >= 4 is 32.4 Å². The van der Waals surface area contributed by atoms with Crippen LogP contribution in [0.4, 0.5) is 0 Å². The fourth-order valence-corrected chi connectivity index (χ4v) is 7.28. The van der Waals surface area contributed by atoms with E-state index in [4.69, 9.17) is 4.98 Å². The third-order valence-corrected chi connectivity index (χ3v) is 8.85. The average molecular weight is 419 g/mol. The lowest BCUT2D eigenvalue weighted by Gasteiger charge is -2.32. The van der Waals surface area contributed by atoms with Gasteiger partial charge in [0, 0.05) is 25.0 Å². The molecule has 150 valence electrons. The summed E-state index contributed by atoms with van der Waals surface area (Å²) in [6, 6.07) is 8.40. The molecule has 0 amide bonds. The highest BCUT2D eigenvalue weighted by Crippen LogP contribution is 2.35. The average Bonchev–Trinajstić information content (AvgIpc) is 3.22.